The van der Waals surface area contributed by atoms with Gasteiger partial charge in [0.1, 0.15) is 6.10 Å². The van der Waals surface area contributed by atoms with Crippen LogP contribution < -0.4 is 4.90 Å². The van der Waals surface area contributed by atoms with Crippen LogP contribution in [0.3, 0.4) is 0 Å². The summed E-state index contributed by atoms with van der Waals surface area (Å²) >= 11 is 0. The molecule has 3 saturated heterocycles. The fraction of sp³-hybridized carbons (Fsp3) is 0.650. The molecule has 3 fully saturated rings. The molecular formula is C20H29N3O2. The number of hydrogen-bond donors (Lipinski definition) is 0. The van der Waals surface area contributed by atoms with E-state index >= 15 is 0 Å². The van der Waals surface area contributed by atoms with E-state index in [1.807, 2.05) is 0 Å². The first kappa shape index (κ1) is 16.9. The van der Waals surface area contributed by atoms with E-state index in [4.69, 9.17) is 4.74 Å². The number of nitrogens with zero attached hydrogens (tertiary/aromatic N) is 3. The molecule has 3 aliphatic heterocycles. The Kier molecular flexibility index (Phi) is 4.69. The van der Waals surface area contributed by atoms with Crippen molar-refractivity contribution in [2.24, 2.45) is 5.41 Å². The summed E-state index contributed by atoms with van der Waals surface area (Å²) in [6.45, 7) is 7.08. The van der Waals surface area contributed by atoms with E-state index in [1.165, 1.54) is 5.69 Å². The number of carbonyl (C=O) groups is 1. The van der Waals surface area contributed by atoms with Gasteiger partial charge in [-0.2, -0.15) is 0 Å². The number of rotatable bonds is 3. The quantitative estimate of drug-likeness (QED) is 0.783. The van der Waals surface area contributed by atoms with Crippen LogP contribution in [0.2, 0.25) is 0 Å². The summed E-state index contributed by atoms with van der Waals surface area (Å²) in [6, 6.07) is 10.6. The summed E-state index contributed by atoms with van der Waals surface area (Å²) in [5, 5.41) is 0. The zero-order valence-electron chi connectivity index (χ0n) is 15.2. The molecule has 0 aliphatic carbocycles. The molecule has 1 unspecified atom stereocenters. The van der Waals surface area contributed by atoms with E-state index < -0.39 is 0 Å². The standard InChI is InChI=1S/C20H29N3O2/c1-21-9-7-20(8-10-21)15-18(25-19(20)24)16-22-11-13-23(14-12-22)17-5-3-2-4-6-17/h2-6,18H,7-16H2,1H3. The van der Waals surface area contributed by atoms with E-state index in [0.717, 1.165) is 65.1 Å². The van der Waals surface area contributed by atoms with Crippen molar-refractivity contribution >= 4 is 11.7 Å². The molecule has 0 amide bonds. The van der Waals surface area contributed by atoms with Gasteiger partial charge in [0, 0.05) is 44.8 Å². The average Bonchev–Trinajstić information content (AvgIpc) is 2.94. The predicted octanol–water partition coefficient (Wildman–Crippen LogP) is 1.84. The summed E-state index contributed by atoms with van der Waals surface area (Å²) in [4.78, 5) is 19.7. The first-order valence-electron chi connectivity index (χ1n) is 9.57. The Labute approximate surface area is 150 Å². The second kappa shape index (κ2) is 6.96. The van der Waals surface area contributed by atoms with Gasteiger partial charge in [-0.25, -0.2) is 0 Å². The molecule has 1 spiro atoms. The molecule has 0 saturated carbocycles. The van der Waals surface area contributed by atoms with Crippen LogP contribution in [0.4, 0.5) is 5.69 Å². The molecule has 5 nitrogen and oxygen atoms in total. The lowest BCUT2D eigenvalue weighted by molar-refractivity contribution is -0.151. The van der Waals surface area contributed by atoms with Gasteiger partial charge in [-0.15, -0.1) is 0 Å². The SMILES string of the molecule is CN1CCC2(CC1)CC(CN1CCN(c3ccccc3)CC1)OC2=O. The second-order valence-corrected chi connectivity index (χ2v) is 7.94. The fourth-order valence-corrected chi connectivity index (χ4v) is 4.51. The number of piperazine rings is 1. The lowest BCUT2D eigenvalue weighted by Gasteiger charge is -2.37. The number of cyclic esters (lactones) is 1. The Morgan fingerprint density at radius 1 is 1.04 bits per heavy atom. The van der Waals surface area contributed by atoms with E-state index in [2.05, 4.69) is 52.1 Å². The Bertz CT molecular complexity index is 590. The maximum Gasteiger partial charge on any atom is 0.312 e. The van der Waals surface area contributed by atoms with Crippen molar-refractivity contribution in [2.75, 3.05) is 57.8 Å². The van der Waals surface area contributed by atoms with Crippen LogP contribution in [-0.2, 0) is 9.53 Å². The van der Waals surface area contributed by atoms with E-state index in [0.29, 0.717) is 0 Å². The monoisotopic (exact) mass is 343 g/mol. The number of hydrogen-bond acceptors (Lipinski definition) is 5. The number of esters is 1. The Morgan fingerprint density at radius 3 is 2.40 bits per heavy atom. The van der Waals surface area contributed by atoms with Gasteiger partial charge in [0.2, 0.25) is 0 Å². The number of ether oxygens (including phenoxy) is 1. The highest BCUT2D eigenvalue weighted by Gasteiger charge is 2.50. The van der Waals surface area contributed by atoms with Gasteiger partial charge < -0.3 is 14.5 Å². The van der Waals surface area contributed by atoms with E-state index in [9.17, 15) is 4.79 Å². The first-order chi connectivity index (χ1) is 12.1. The van der Waals surface area contributed by atoms with Crippen LogP contribution in [-0.4, -0.2) is 74.7 Å². The highest BCUT2D eigenvalue weighted by molar-refractivity contribution is 5.79. The van der Waals surface area contributed by atoms with Gasteiger partial charge in [0.25, 0.3) is 0 Å². The smallest absolute Gasteiger partial charge is 0.312 e. The molecule has 25 heavy (non-hydrogen) atoms. The molecule has 1 aromatic rings. The molecule has 0 bridgehead atoms. The van der Waals surface area contributed by atoms with Crippen LogP contribution in [0.25, 0.3) is 0 Å². The van der Waals surface area contributed by atoms with Gasteiger partial charge in [0.05, 0.1) is 5.41 Å². The third-order valence-corrected chi connectivity index (χ3v) is 6.22. The van der Waals surface area contributed by atoms with Gasteiger partial charge in [0.15, 0.2) is 0 Å². The number of likely N-dealkylation sites (tertiary alicyclic amines) is 1. The minimum absolute atomic E-state index is 0.0634. The highest BCUT2D eigenvalue weighted by Crippen LogP contribution is 2.43. The molecule has 5 heteroatoms. The molecule has 3 aliphatic rings. The molecular weight excluding hydrogens is 314 g/mol. The van der Waals surface area contributed by atoms with Gasteiger partial charge in [-0.3, -0.25) is 9.69 Å². The first-order valence-corrected chi connectivity index (χ1v) is 9.57. The number of piperidine rings is 1. The Morgan fingerprint density at radius 2 is 1.72 bits per heavy atom. The summed E-state index contributed by atoms with van der Waals surface area (Å²) in [7, 11) is 2.14. The topological polar surface area (TPSA) is 36.0 Å². The lowest BCUT2D eigenvalue weighted by atomic mass is 9.76. The summed E-state index contributed by atoms with van der Waals surface area (Å²) in [5.41, 5.74) is 1.11. The Hall–Kier alpha value is -1.59. The summed E-state index contributed by atoms with van der Waals surface area (Å²) in [5.74, 6) is 0.0634. The zero-order valence-corrected chi connectivity index (χ0v) is 15.2. The maximum absolute atomic E-state index is 12.5. The summed E-state index contributed by atoms with van der Waals surface area (Å²) < 4.78 is 5.79. The van der Waals surface area contributed by atoms with Crippen molar-refractivity contribution in [3.8, 4) is 0 Å². The van der Waals surface area contributed by atoms with E-state index in [1.54, 1.807) is 0 Å². The molecule has 4 rings (SSSR count). The third-order valence-electron chi connectivity index (χ3n) is 6.22. The molecule has 3 heterocycles. The molecule has 136 valence electrons. The van der Waals surface area contributed by atoms with Crippen molar-refractivity contribution in [2.45, 2.75) is 25.4 Å². The normalized spacial score (nSPS) is 27.6. The molecule has 0 aromatic heterocycles. The van der Waals surface area contributed by atoms with Crippen LogP contribution in [0, 0.1) is 5.41 Å². The van der Waals surface area contributed by atoms with Crippen LogP contribution in [0.5, 0.6) is 0 Å². The molecule has 1 atom stereocenters. The molecule has 1 aromatic carbocycles. The number of para-hydroxylation sites is 1. The third kappa shape index (κ3) is 3.53. The van der Waals surface area contributed by atoms with Gasteiger partial charge >= 0.3 is 5.97 Å². The van der Waals surface area contributed by atoms with Crippen LogP contribution in [0.15, 0.2) is 30.3 Å². The number of benzene rings is 1. The second-order valence-electron chi connectivity index (χ2n) is 7.94. The predicted molar refractivity (Wildman–Crippen MR) is 98.8 cm³/mol. The lowest BCUT2D eigenvalue weighted by Crippen LogP contribution is -2.48. The summed E-state index contributed by atoms with van der Waals surface area (Å²) in [6.07, 6.45) is 2.92. The maximum atomic E-state index is 12.5. The van der Waals surface area contributed by atoms with Gasteiger partial charge in [-0.05, 0) is 45.1 Å². The van der Waals surface area contributed by atoms with Crippen molar-refractivity contribution in [1.82, 2.24) is 9.80 Å². The van der Waals surface area contributed by atoms with E-state index in [-0.39, 0.29) is 17.5 Å². The van der Waals surface area contributed by atoms with Gasteiger partial charge in [-0.1, -0.05) is 18.2 Å². The highest BCUT2D eigenvalue weighted by atomic mass is 16.6. The molecule has 0 radical (unpaired) electrons. The minimum Gasteiger partial charge on any atom is -0.461 e. The van der Waals surface area contributed by atoms with Crippen molar-refractivity contribution in [3.63, 3.8) is 0 Å². The minimum atomic E-state index is -0.191. The van der Waals surface area contributed by atoms with Crippen molar-refractivity contribution in [1.29, 1.82) is 0 Å². The van der Waals surface area contributed by atoms with Crippen molar-refractivity contribution in [3.05, 3.63) is 30.3 Å². The zero-order chi connectivity index (χ0) is 17.3. The molecule has 0 N–H and O–H groups in total. The largest absolute Gasteiger partial charge is 0.461 e. The number of carbonyl (C=O) groups excluding carboxylic acids is 1. The Balaban J connectivity index is 1.29. The van der Waals surface area contributed by atoms with Crippen molar-refractivity contribution < 1.29 is 9.53 Å². The number of anilines is 1. The fourth-order valence-electron chi connectivity index (χ4n) is 4.51. The average molecular weight is 343 g/mol. The van der Waals surface area contributed by atoms with Crippen LogP contribution >= 0.6 is 0 Å². The van der Waals surface area contributed by atoms with Crippen LogP contribution in [0.1, 0.15) is 19.3 Å².